The molecular formula is C21H29N3O3. The number of likely N-dealkylation sites (tertiary alicyclic amines) is 1. The Morgan fingerprint density at radius 2 is 2.04 bits per heavy atom. The van der Waals surface area contributed by atoms with Gasteiger partial charge in [-0.05, 0) is 31.9 Å². The summed E-state index contributed by atoms with van der Waals surface area (Å²) in [7, 11) is 1.71. The minimum absolute atomic E-state index is 0.230. The van der Waals surface area contributed by atoms with Crippen LogP contribution in [0.15, 0.2) is 34.9 Å². The highest BCUT2D eigenvalue weighted by Crippen LogP contribution is 2.29. The van der Waals surface area contributed by atoms with Crippen molar-refractivity contribution in [3.05, 3.63) is 41.8 Å². The molecule has 2 aliphatic rings. The zero-order valence-corrected chi connectivity index (χ0v) is 16.2. The molecule has 6 nitrogen and oxygen atoms in total. The summed E-state index contributed by atoms with van der Waals surface area (Å²) in [5.74, 6) is 2.02. The fourth-order valence-corrected chi connectivity index (χ4v) is 4.45. The first-order valence-electron chi connectivity index (χ1n) is 9.85. The van der Waals surface area contributed by atoms with E-state index in [9.17, 15) is 5.11 Å². The molecule has 2 aliphatic heterocycles. The molecule has 146 valence electrons. The van der Waals surface area contributed by atoms with E-state index in [2.05, 4.69) is 27.1 Å². The predicted octanol–water partition coefficient (Wildman–Crippen LogP) is 2.50. The first-order valence-corrected chi connectivity index (χ1v) is 9.85. The number of piperidine rings is 1. The van der Waals surface area contributed by atoms with Crippen LogP contribution in [0.3, 0.4) is 0 Å². The SMILES string of the molecule is COc1cccc(N2CCC(N3C[C@@H](Cc4cc(C)no4)[C@H](O)C3)CC2)c1. The number of rotatable bonds is 5. The molecule has 6 heteroatoms. The fraction of sp³-hybridized carbons (Fsp3) is 0.571. The Balaban J connectivity index is 1.32. The number of methoxy groups -OCH3 is 1. The lowest BCUT2D eigenvalue weighted by atomic mass is 10.00. The summed E-state index contributed by atoms with van der Waals surface area (Å²) in [6, 6.07) is 10.8. The van der Waals surface area contributed by atoms with Gasteiger partial charge in [0.05, 0.1) is 18.9 Å². The molecule has 0 bridgehead atoms. The molecule has 1 N–H and O–H groups in total. The number of nitrogens with zero attached hydrogens (tertiary/aromatic N) is 3. The number of hydrogen-bond acceptors (Lipinski definition) is 6. The van der Waals surface area contributed by atoms with E-state index in [1.807, 2.05) is 25.1 Å². The molecule has 0 saturated carbocycles. The van der Waals surface area contributed by atoms with Crippen LogP contribution in [0, 0.1) is 12.8 Å². The standard InChI is InChI=1S/C21H29N3O3/c1-15-10-20(27-22-15)11-16-13-24(14-21(16)25)17-6-8-23(9-7-17)18-4-3-5-19(12-18)26-2/h3-5,10,12,16-17,21,25H,6-9,11,13-14H2,1-2H3/t16-,21-/m1/s1. The maximum Gasteiger partial charge on any atom is 0.137 e. The zero-order chi connectivity index (χ0) is 18.8. The molecule has 2 saturated heterocycles. The van der Waals surface area contributed by atoms with Gasteiger partial charge in [0, 0.05) is 62.4 Å². The first kappa shape index (κ1) is 18.3. The Kier molecular flexibility index (Phi) is 5.36. The lowest BCUT2D eigenvalue weighted by molar-refractivity contribution is 0.129. The van der Waals surface area contributed by atoms with Gasteiger partial charge in [-0.1, -0.05) is 11.2 Å². The third-order valence-corrected chi connectivity index (χ3v) is 5.97. The Bertz CT molecular complexity index is 755. The summed E-state index contributed by atoms with van der Waals surface area (Å²) in [5.41, 5.74) is 2.13. The van der Waals surface area contributed by atoms with E-state index < -0.39 is 0 Å². The normalized spacial score (nSPS) is 24.5. The summed E-state index contributed by atoms with van der Waals surface area (Å²) in [6.45, 7) is 5.71. The number of aliphatic hydroxyl groups excluding tert-OH is 1. The van der Waals surface area contributed by atoms with Crippen molar-refractivity contribution >= 4 is 5.69 Å². The van der Waals surface area contributed by atoms with Crippen molar-refractivity contribution in [3.8, 4) is 5.75 Å². The van der Waals surface area contributed by atoms with Crippen molar-refractivity contribution < 1.29 is 14.4 Å². The number of aliphatic hydroxyl groups is 1. The van der Waals surface area contributed by atoms with Crippen molar-refractivity contribution in [2.24, 2.45) is 5.92 Å². The quantitative estimate of drug-likeness (QED) is 0.871. The minimum Gasteiger partial charge on any atom is -0.497 e. The fourth-order valence-electron chi connectivity index (χ4n) is 4.45. The summed E-state index contributed by atoms with van der Waals surface area (Å²) in [6.07, 6.45) is 2.73. The first-order chi connectivity index (χ1) is 13.1. The number of benzene rings is 1. The number of anilines is 1. The van der Waals surface area contributed by atoms with E-state index in [0.717, 1.165) is 62.6 Å². The number of ether oxygens (including phenoxy) is 1. The average molecular weight is 371 g/mol. The third kappa shape index (κ3) is 4.12. The van der Waals surface area contributed by atoms with E-state index >= 15 is 0 Å². The maximum atomic E-state index is 10.5. The molecule has 1 aromatic carbocycles. The highest BCUT2D eigenvalue weighted by Gasteiger charge is 2.36. The minimum atomic E-state index is -0.285. The van der Waals surface area contributed by atoms with Crippen LogP contribution < -0.4 is 9.64 Å². The van der Waals surface area contributed by atoms with Crippen molar-refractivity contribution in [2.45, 2.75) is 38.3 Å². The molecular weight excluding hydrogens is 342 g/mol. The van der Waals surface area contributed by atoms with Gasteiger partial charge in [0.25, 0.3) is 0 Å². The van der Waals surface area contributed by atoms with Gasteiger partial charge in [-0.3, -0.25) is 4.90 Å². The van der Waals surface area contributed by atoms with Crippen LogP contribution in [-0.4, -0.2) is 60.6 Å². The molecule has 27 heavy (non-hydrogen) atoms. The van der Waals surface area contributed by atoms with Crippen LogP contribution in [0.1, 0.15) is 24.3 Å². The van der Waals surface area contributed by atoms with Crippen LogP contribution in [0.5, 0.6) is 5.75 Å². The van der Waals surface area contributed by atoms with Crippen molar-refractivity contribution in [1.82, 2.24) is 10.1 Å². The third-order valence-electron chi connectivity index (χ3n) is 5.97. The van der Waals surface area contributed by atoms with Gasteiger partial charge in [0.2, 0.25) is 0 Å². The highest BCUT2D eigenvalue weighted by molar-refractivity contribution is 5.51. The maximum absolute atomic E-state index is 10.5. The number of aromatic nitrogens is 1. The Morgan fingerprint density at radius 3 is 2.74 bits per heavy atom. The van der Waals surface area contributed by atoms with E-state index in [4.69, 9.17) is 9.26 Å². The summed E-state index contributed by atoms with van der Waals surface area (Å²) >= 11 is 0. The molecule has 0 amide bonds. The van der Waals surface area contributed by atoms with Gasteiger partial charge in [-0.25, -0.2) is 0 Å². The largest absolute Gasteiger partial charge is 0.497 e. The summed E-state index contributed by atoms with van der Waals surface area (Å²) in [4.78, 5) is 4.90. The van der Waals surface area contributed by atoms with Crippen LogP contribution in [0.25, 0.3) is 0 Å². The average Bonchev–Trinajstić information content (AvgIpc) is 3.27. The van der Waals surface area contributed by atoms with E-state index in [1.165, 1.54) is 5.69 Å². The zero-order valence-electron chi connectivity index (χ0n) is 16.2. The second kappa shape index (κ2) is 7.90. The number of β-amino-alcohol motifs (C(OH)–C–C–N with tert-alkyl or cyclic N) is 1. The molecule has 2 fully saturated rings. The predicted molar refractivity (Wildman–Crippen MR) is 104 cm³/mol. The van der Waals surface area contributed by atoms with Gasteiger partial charge in [0.15, 0.2) is 0 Å². The van der Waals surface area contributed by atoms with Crippen LogP contribution in [0.2, 0.25) is 0 Å². The van der Waals surface area contributed by atoms with Gasteiger partial charge >= 0.3 is 0 Å². The lowest BCUT2D eigenvalue weighted by Crippen LogP contribution is -2.44. The molecule has 2 atom stereocenters. The lowest BCUT2D eigenvalue weighted by Gasteiger charge is -2.38. The summed E-state index contributed by atoms with van der Waals surface area (Å²) < 4.78 is 10.7. The molecule has 0 aliphatic carbocycles. The Labute approximate surface area is 160 Å². The van der Waals surface area contributed by atoms with Crippen LogP contribution in [0.4, 0.5) is 5.69 Å². The molecule has 3 heterocycles. The highest BCUT2D eigenvalue weighted by atomic mass is 16.5. The van der Waals surface area contributed by atoms with Crippen LogP contribution >= 0.6 is 0 Å². The van der Waals surface area contributed by atoms with Crippen molar-refractivity contribution in [3.63, 3.8) is 0 Å². The van der Waals surface area contributed by atoms with Crippen molar-refractivity contribution in [1.29, 1.82) is 0 Å². The van der Waals surface area contributed by atoms with Crippen LogP contribution in [-0.2, 0) is 6.42 Å². The molecule has 2 aromatic rings. The molecule has 0 radical (unpaired) electrons. The Morgan fingerprint density at radius 1 is 1.22 bits per heavy atom. The van der Waals surface area contributed by atoms with Crippen molar-refractivity contribution in [2.75, 3.05) is 38.2 Å². The second-order valence-electron chi connectivity index (χ2n) is 7.84. The van der Waals surface area contributed by atoms with E-state index in [0.29, 0.717) is 6.04 Å². The summed E-state index contributed by atoms with van der Waals surface area (Å²) in [5, 5.41) is 14.5. The number of hydrogen-bond donors (Lipinski definition) is 1. The molecule has 0 unspecified atom stereocenters. The van der Waals surface area contributed by atoms with Gasteiger partial charge in [0.1, 0.15) is 11.5 Å². The van der Waals surface area contributed by atoms with Gasteiger partial charge < -0.3 is 19.3 Å². The van der Waals surface area contributed by atoms with E-state index in [-0.39, 0.29) is 12.0 Å². The topological polar surface area (TPSA) is 62.0 Å². The van der Waals surface area contributed by atoms with Gasteiger partial charge in [-0.2, -0.15) is 0 Å². The monoisotopic (exact) mass is 371 g/mol. The molecule has 0 spiro atoms. The Hall–Kier alpha value is -2.05. The second-order valence-corrected chi connectivity index (χ2v) is 7.84. The molecule has 4 rings (SSSR count). The smallest absolute Gasteiger partial charge is 0.137 e. The molecule has 1 aromatic heterocycles. The number of aryl methyl sites for hydroxylation is 1. The van der Waals surface area contributed by atoms with E-state index in [1.54, 1.807) is 7.11 Å². The van der Waals surface area contributed by atoms with Gasteiger partial charge in [-0.15, -0.1) is 0 Å².